The molecule has 20 heavy (non-hydrogen) atoms. The number of benzene rings is 1. The van der Waals surface area contributed by atoms with E-state index in [2.05, 4.69) is 79.4 Å². The Morgan fingerprint density at radius 3 is 2.60 bits per heavy atom. The summed E-state index contributed by atoms with van der Waals surface area (Å²) in [5, 5.41) is 3.55. The molecule has 0 bridgehead atoms. The lowest BCUT2D eigenvalue weighted by Crippen LogP contribution is -2.33. The fourth-order valence-electron chi connectivity index (χ4n) is 2.23. The molecular formula is C16H18Br2N2. The second-order valence-corrected chi connectivity index (χ2v) is 6.59. The Balaban J connectivity index is 2.05. The van der Waals surface area contributed by atoms with Crippen molar-refractivity contribution in [2.45, 2.75) is 25.8 Å². The first kappa shape index (κ1) is 15.7. The number of likely N-dealkylation sites (N-methyl/N-ethyl adjacent to an activating group) is 1. The van der Waals surface area contributed by atoms with Crippen LogP contribution in [0.2, 0.25) is 0 Å². The van der Waals surface area contributed by atoms with E-state index < -0.39 is 0 Å². The van der Waals surface area contributed by atoms with Gasteiger partial charge in [-0.25, -0.2) is 0 Å². The maximum Gasteiger partial charge on any atom is 0.0420 e. The molecule has 1 atom stereocenters. The molecule has 1 unspecified atom stereocenters. The molecule has 4 heteroatoms. The molecular weight excluding hydrogens is 380 g/mol. The number of nitrogens with zero attached hydrogens (tertiary/aromatic N) is 1. The van der Waals surface area contributed by atoms with Crippen molar-refractivity contribution in [1.29, 1.82) is 0 Å². The van der Waals surface area contributed by atoms with Crippen LogP contribution in [0.15, 0.2) is 51.5 Å². The van der Waals surface area contributed by atoms with Gasteiger partial charge >= 0.3 is 0 Å². The Morgan fingerprint density at radius 1 is 1.10 bits per heavy atom. The third kappa shape index (κ3) is 5.00. The number of pyridine rings is 1. The number of hydrogen-bond acceptors (Lipinski definition) is 2. The zero-order valence-corrected chi connectivity index (χ0v) is 14.6. The summed E-state index contributed by atoms with van der Waals surface area (Å²) in [4.78, 5) is 4.46. The highest BCUT2D eigenvalue weighted by Crippen LogP contribution is 2.15. The normalized spacial score (nSPS) is 12.3. The van der Waals surface area contributed by atoms with Gasteiger partial charge in [0.1, 0.15) is 0 Å². The van der Waals surface area contributed by atoms with Crippen molar-refractivity contribution in [1.82, 2.24) is 10.3 Å². The van der Waals surface area contributed by atoms with Gasteiger partial charge in [0.25, 0.3) is 0 Å². The Labute approximate surface area is 137 Å². The third-order valence-electron chi connectivity index (χ3n) is 3.11. The van der Waals surface area contributed by atoms with Gasteiger partial charge in [0.15, 0.2) is 0 Å². The van der Waals surface area contributed by atoms with Gasteiger partial charge in [-0.15, -0.1) is 0 Å². The van der Waals surface area contributed by atoms with Crippen molar-refractivity contribution in [2.24, 2.45) is 0 Å². The van der Waals surface area contributed by atoms with E-state index in [9.17, 15) is 0 Å². The number of rotatable bonds is 6. The summed E-state index contributed by atoms with van der Waals surface area (Å²) in [6, 6.07) is 13.0. The number of hydrogen-bond donors (Lipinski definition) is 1. The molecule has 2 nitrogen and oxygen atoms in total. The van der Waals surface area contributed by atoms with Gasteiger partial charge in [-0.1, -0.05) is 35.0 Å². The topological polar surface area (TPSA) is 24.9 Å². The molecule has 0 amide bonds. The first-order valence-corrected chi connectivity index (χ1v) is 8.34. The quantitative estimate of drug-likeness (QED) is 0.782. The highest BCUT2D eigenvalue weighted by atomic mass is 79.9. The Hall–Kier alpha value is -0.710. The molecule has 0 aliphatic carbocycles. The van der Waals surface area contributed by atoms with Crippen molar-refractivity contribution >= 4 is 31.9 Å². The highest BCUT2D eigenvalue weighted by Gasteiger charge is 2.10. The van der Waals surface area contributed by atoms with E-state index in [1.165, 1.54) is 5.56 Å². The summed E-state index contributed by atoms with van der Waals surface area (Å²) in [5.41, 5.74) is 2.46. The summed E-state index contributed by atoms with van der Waals surface area (Å²) >= 11 is 6.95. The number of aromatic nitrogens is 1. The first-order valence-electron chi connectivity index (χ1n) is 6.75. The average molecular weight is 398 g/mol. The van der Waals surface area contributed by atoms with E-state index in [0.29, 0.717) is 6.04 Å². The molecule has 2 rings (SSSR count). The van der Waals surface area contributed by atoms with Crippen LogP contribution in [0.3, 0.4) is 0 Å². The summed E-state index contributed by atoms with van der Waals surface area (Å²) in [6.07, 6.45) is 3.80. The molecule has 1 aromatic heterocycles. The third-order valence-corrected chi connectivity index (χ3v) is 4.07. The fraction of sp³-hybridized carbons (Fsp3) is 0.312. The predicted molar refractivity (Wildman–Crippen MR) is 91.0 cm³/mol. The first-order chi connectivity index (χ1) is 9.67. The lowest BCUT2D eigenvalue weighted by molar-refractivity contribution is 0.516. The smallest absolute Gasteiger partial charge is 0.0420 e. The van der Waals surface area contributed by atoms with E-state index in [0.717, 1.165) is 34.0 Å². The summed E-state index contributed by atoms with van der Waals surface area (Å²) < 4.78 is 2.15. The van der Waals surface area contributed by atoms with Gasteiger partial charge in [0.2, 0.25) is 0 Å². The second kappa shape index (κ2) is 7.91. The van der Waals surface area contributed by atoms with Crippen LogP contribution < -0.4 is 5.32 Å². The van der Waals surface area contributed by atoms with Gasteiger partial charge in [-0.3, -0.25) is 4.98 Å². The summed E-state index contributed by atoms with van der Waals surface area (Å²) in [6.45, 7) is 3.11. The van der Waals surface area contributed by atoms with E-state index in [4.69, 9.17) is 0 Å². The zero-order valence-electron chi connectivity index (χ0n) is 11.4. The molecule has 0 saturated carbocycles. The summed E-state index contributed by atoms with van der Waals surface area (Å²) in [5.74, 6) is 0. The molecule has 0 fully saturated rings. The molecule has 1 aromatic carbocycles. The van der Waals surface area contributed by atoms with Gasteiger partial charge < -0.3 is 5.32 Å². The molecule has 0 aliphatic rings. The maximum atomic E-state index is 4.46. The zero-order chi connectivity index (χ0) is 14.4. The monoisotopic (exact) mass is 396 g/mol. The van der Waals surface area contributed by atoms with Crippen molar-refractivity contribution < 1.29 is 0 Å². The minimum absolute atomic E-state index is 0.406. The number of nitrogens with one attached hydrogen (secondary N) is 1. The molecule has 1 heterocycles. The lowest BCUT2D eigenvalue weighted by atomic mass is 10.0. The van der Waals surface area contributed by atoms with Crippen LogP contribution >= 0.6 is 31.9 Å². The van der Waals surface area contributed by atoms with Crippen LogP contribution in [-0.4, -0.2) is 17.6 Å². The van der Waals surface area contributed by atoms with Crippen molar-refractivity contribution in [3.8, 4) is 0 Å². The van der Waals surface area contributed by atoms with Gasteiger partial charge in [0, 0.05) is 33.3 Å². The van der Waals surface area contributed by atoms with Crippen LogP contribution in [0.25, 0.3) is 0 Å². The Bertz CT molecular complexity index is 540. The van der Waals surface area contributed by atoms with Gasteiger partial charge in [0.05, 0.1) is 0 Å². The Morgan fingerprint density at radius 2 is 1.95 bits per heavy atom. The van der Waals surface area contributed by atoms with E-state index >= 15 is 0 Å². The maximum absolute atomic E-state index is 4.46. The molecule has 2 aromatic rings. The van der Waals surface area contributed by atoms with E-state index in [1.54, 1.807) is 0 Å². The van der Waals surface area contributed by atoms with Crippen LogP contribution in [0.1, 0.15) is 18.2 Å². The van der Waals surface area contributed by atoms with Crippen molar-refractivity contribution in [3.05, 3.63) is 62.8 Å². The lowest BCUT2D eigenvalue weighted by Gasteiger charge is -2.18. The second-order valence-electron chi connectivity index (χ2n) is 4.76. The molecule has 0 radical (unpaired) electrons. The predicted octanol–water partition coefficient (Wildman–Crippen LogP) is 4.37. The minimum Gasteiger partial charge on any atom is -0.314 e. The number of halogens is 2. The van der Waals surface area contributed by atoms with Gasteiger partial charge in [-0.05, 0) is 58.7 Å². The largest absolute Gasteiger partial charge is 0.314 e. The van der Waals surface area contributed by atoms with Gasteiger partial charge in [-0.2, -0.15) is 0 Å². The minimum atomic E-state index is 0.406. The fourth-order valence-corrected chi connectivity index (χ4v) is 2.91. The average Bonchev–Trinajstić information content (AvgIpc) is 2.42. The van der Waals surface area contributed by atoms with E-state index in [-0.39, 0.29) is 0 Å². The van der Waals surface area contributed by atoms with Crippen LogP contribution in [0.5, 0.6) is 0 Å². The van der Waals surface area contributed by atoms with Crippen LogP contribution in [0.4, 0.5) is 0 Å². The highest BCUT2D eigenvalue weighted by molar-refractivity contribution is 9.10. The standard InChI is InChI=1S/C16H18Br2N2/c1-2-19-16(9-12-4-3-5-13(17)8-12)10-15-7-6-14(18)11-20-15/h3-8,11,16,19H,2,9-10H2,1H3. The molecule has 0 saturated heterocycles. The van der Waals surface area contributed by atoms with Crippen molar-refractivity contribution in [2.75, 3.05) is 6.54 Å². The molecule has 1 N–H and O–H groups in total. The SMILES string of the molecule is CCNC(Cc1cccc(Br)c1)Cc1ccc(Br)cn1. The van der Waals surface area contributed by atoms with E-state index in [1.807, 2.05) is 12.3 Å². The van der Waals surface area contributed by atoms with Crippen molar-refractivity contribution in [3.63, 3.8) is 0 Å². The van der Waals surface area contributed by atoms with Crippen LogP contribution in [0, 0.1) is 0 Å². The molecule has 106 valence electrons. The Kier molecular flexibility index (Phi) is 6.20. The summed E-state index contributed by atoms with van der Waals surface area (Å²) in [7, 11) is 0. The molecule has 0 spiro atoms. The van der Waals surface area contributed by atoms with Crippen LogP contribution in [-0.2, 0) is 12.8 Å². The molecule has 0 aliphatic heterocycles.